The highest BCUT2D eigenvalue weighted by molar-refractivity contribution is 7.71. The lowest BCUT2D eigenvalue weighted by Crippen LogP contribution is -2.43. The predicted octanol–water partition coefficient (Wildman–Crippen LogP) is 4.97. The van der Waals surface area contributed by atoms with Crippen molar-refractivity contribution < 1.29 is 4.42 Å². The predicted molar refractivity (Wildman–Crippen MR) is 108 cm³/mol. The summed E-state index contributed by atoms with van der Waals surface area (Å²) in [5.41, 5.74) is 4.27. The molecule has 5 rings (SSSR count). The zero-order valence-corrected chi connectivity index (χ0v) is 16.0. The second kappa shape index (κ2) is 6.34. The second-order valence-corrected chi connectivity index (χ2v) is 8.21. The van der Waals surface area contributed by atoms with E-state index in [0.717, 1.165) is 41.8 Å². The molecule has 2 heterocycles. The maximum absolute atomic E-state index is 13.7. The molecule has 5 heteroatoms. The van der Waals surface area contributed by atoms with Crippen LogP contribution in [0.4, 0.5) is 0 Å². The fourth-order valence-electron chi connectivity index (χ4n) is 4.99. The fraction of sp³-hybridized carbons (Fsp3) is 0.364. The summed E-state index contributed by atoms with van der Waals surface area (Å²) in [6.45, 7) is 0.367. The third-order valence-corrected chi connectivity index (χ3v) is 6.56. The molecule has 1 saturated carbocycles. The Morgan fingerprint density at radius 3 is 2.70 bits per heavy atom. The Kier molecular flexibility index (Phi) is 3.93. The molecular weight excluding hydrogens is 356 g/mol. The maximum atomic E-state index is 13.7. The van der Waals surface area contributed by atoms with E-state index in [-0.39, 0.29) is 11.0 Å². The number of aromatic nitrogens is 2. The van der Waals surface area contributed by atoms with Crippen LogP contribution in [0.3, 0.4) is 0 Å². The van der Waals surface area contributed by atoms with Gasteiger partial charge in [-0.1, -0.05) is 43.5 Å². The summed E-state index contributed by atoms with van der Waals surface area (Å²) in [6, 6.07) is 12.1. The van der Waals surface area contributed by atoms with Crippen LogP contribution >= 0.6 is 12.2 Å². The average molecular weight is 378 g/mol. The van der Waals surface area contributed by atoms with E-state index < -0.39 is 0 Å². The molecule has 0 unspecified atom stereocenters. The largest absolute Gasteiger partial charge is 0.467 e. The van der Waals surface area contributed by atoms with Gasteiger partial charge in [-0.25, -0.2) is 0 Å². The molecule has 0 amide bonds. The quantitative estimate of drug-likeness (QED) is 0.641. The van der Waals surface area contributed by atoms with Crippen molar-refractivity contribution >= 4 is 12.2 Å². The summed E-state index contributed by atoms with van der Waals surface area (Å²) in [7, 11) is 0. The Labute approximate surface area is 162 Å². The van der Waals surface area contributed by atoms with Crippen molar-refractivity contribution in [3.05, 3.63) is 74.7 Å². The van der Waals surface area contributed by atoms with Gasteiger partial charge in [0.25, 0.3) is 5.56 Å². The molecule has 1 fully saturated rings. The van der Waals surface area contributed by atoms with Gasteiger partial charge < -0.3 is 9.40 Å². The summed E-state index contributed by atoms with van der Waals surface area (Å²) in [5.74, 6) is 0.741. The summed E-state index contributed by atoms with van der Waals surface area (Å²) in [4.78, 5) is 17.1. The fourth-order valence-corrected chi connectivity index (χ4v) is 5.24. The number of aromatic amines is 1. The molecule has 0 radical (unpaired) electrons. The highest BCUT2D eigenvalue weighted by Gasteiger charge is 2.42. The topological polar surface area (TPSA) is 50.9 Å². The third-order valence-electron chi connectivity index (χ3n) is 6.24. The molecule has 0 atom stereocenters. The Hall–Kier alpha value is -2.40. The van der Waals surface area contributed by atoms with Crippen LogP contribution in [0.15, 0.2) is 51.9 Å². The number of hydrogen-bond donors (Lipinski definition) is 1. The summed E-state index contributed by atoms with van der Waals surface area (Å²) < 4.78 is 7.59. The first-order valence-corrected chi connectivity index (χ1v) is 10.1. The van der Waals surface area contributed by atoms with Crippen molar-refractivity contribution in [2.24, 2.45) is 0 Å². The standard InChI is InChI=1S/C22H22N2O2S/c25-20-18-19(23-21(27)24(20)14-16-8-6-12-26-16)17-9-3-2-7-15(17)13-22(18)10-4-1-5-11-22/h2-3,6-9,12H,1,4-5,10-11,13-14H2,(H,23,27). The van der Waals surface area contributed by atoms with Crippen LogP contribution < -0.4 is 5.56 Å². The molecule has 3 aromatic rings. The lowest BCUT2D eigenvalue weighted by atomic mass is 9.62. The van der Waals surface area contributed by atoms with Crippen LogP contribution in [-0.2, 0) is 18.4 Å². The van der Waals surface area contributed by atoms with Crippen LogP contribution in [-0.4, -0.2) is 9.55 Å². The van der Waals surface area contributed by atoms with Crippen molar-refractivity contribution in [3.63, 3.8) is 0 Å². The highest BCUT2D eigenvalue weighted by atomic mass is 32.1. The lowest BCUT2D eigenvalue weighted by Gasteiger charge is -2.42. The van der Waals surface area contributed by atoms with Crippen LogP contribution in [0, 0.1) is 4.77 Å². The zero-order valence-electron chi connectivity index (χ0n) is 15.2. The minimum Gasteiger partial charge on any atom is -0.467 e. The number of nitrogens with one attached hydrogen (secondary N) is 1. The van der Waals surface area contributed by atoms with Crippen molar-refractivity contribution in [1.82, 2.24) is 9.55 Å². The van der Waals surface area contributed by atoms with E-state index >= 15 is 0 Å². The minimum absolute atomic E-state index is 0.0431. The number of rotatable bonds is 2. The van der Waals surface area contributed by atoms with Gasteiger partial charge in [0, 0.05) is 16.5 Å². The first kappa shape index (κ1) is 16.8. The van der Waals surface area contributed by atoms with Crippen LogP contribution in [0.2, 0.25) is 0 Å². The Morgan fingerprint density at radius 1 is 1.11 bits per heavy atom. The number of hydrogen-bond acceptors (Lipinski definition) is 3. The van der Waals surface area contributed by atoms with Crippen molar-refractivity contribution in [1.29, 1.82) is 0 Å². The Bertz CT molecular complexity index is 1100. The van der Waals surface area contributed by atoms with Gasteiger partial charge in [-0.3, -0.25) is 9.36 Å². The second-order valence-electron chi connectivity index (χ2n) is 7.83. The Balaban J connectivity index is 1.77. The molecule has 1 spiro atoms. The van der Waals surface area contributed by atoms with E-state index in [1.165, 1.54) is 24.8 Å². The monoisotopic (exact) mass is 378 g/mol. The summed E-state index contributed by atoms with van der Waals surface area (Å²) in [6.07, 6.45) is 8.30. The molecule has 2 aromatic heterocycles. The van der Waals surface area contributed by atoms with Gasteiger partial charge in [0.05, 0.1) is 18.5 Å². The summed E-state index contributed by atoms with van der Waals surface area (Å²) >= 11 is 5.58. The van der Waals surface area contributed by atoms with Crippen molar-refractivity contribution in [3.8, 4) is 11.3 Å². The van der Waals surface area contributed by atoms with Crippen molar-refractivity contribution in [2.45, 2.75) is 50.5 Å². The molecule has 27 heavy (non-hydrogen) atoms. The van der Waals surface area contributed by atoms with E-state index in [0.29, 0.717) is 11.3 Å². The number of fused-ring (bicyclic) bond motifs is 4. The molecular formula is C22H22N2O2S. The first-order valence-electron chi connectivity index (χ1n) is 9.66. The lowest BCUT2D eigenvalue weighted by molar-refractivity contribution is 0.283. The van der Waals surface area contributed by atoms with Gasteiger partial charge in [-0.2, -0.15) is 0 Å². The van der Waals surface area contributed by atoms with Gasteiger partial charge in [0.2, 0.25) is 0 Å². The molecule has 1 N–H and O–H groups in total. The van der Waals surface area contributed by atoms with Gasteiger partial charge in [-0.15, -0.1) is 0 Å². The van der Waals surface area contributed by atoms with E-state index in [9.17, 15) is 4.79 Å². The van der Waals surface area contributed by atoms with E-state index in [1.54, 1.807) is 10.8 Å². The van der Waals surface area contributed by atoms with E-state index in [1.807, 2.05) is 18.2 Å². The van der Waals surface area contributed by atoms with Crippen LogP contribution in [0.25, 0.3) is 11.3 Å². The number of benzene rings is 1. The molecule has 4 nitrogen and oxygen atoms in total. The maximum Gasteiger partial charge on any atom is 0.259 e. The molecule has 138 valence electrons. The smallest absolute Gasteiger partial charge is 0.259 e. The van der Waals surface area contributed by atoms with Crippen molar-refractivity contribution in [2.75, 3.05) is 0 Å². The highest BCUT2D eigenvalue weighted by Crippen LogP contribution is 2.48. The normalized spacial score (nSPS) is 17.5. The Morgan fingerprint density at radius 2 is 1.93 bits per heavy atom. The van der Waals surface area contributed by atoms with E-state index in [2.05, 4.69) is 23.2 Å². The van der Waals surface area contributed by atoms with E-state index in [4.69, 9.17) is 16.6 Å². The van der Waals surface area contributed by atoms with Crippen LogP contribution in [0.5, 0.6) is 0 Å². The number of furan rings is 1. The van der Waals surface area contributed by atoms with Gasteiger partial charge in [0.15, 0.2) is 4.77 Å². The van der Waals surface area contributed by atoms with Gasteiger partial charge >= 0.3 is 0 Å². The molecule has 0 saturated heterocycles. The van der Waals surface area contributed by atoms with Gasteiger partial charge in [-0.05, 0) is 49.2 Å². The van der Waals surface area contributed by atoms with Crippen LogP contribution in [0.1, 0.15) is 49.0 Å². The molecule has 2 aliphatic rings. The molecule has 1 aromatic carbocycles. The minimum atomic E-state index is -0.0799. The molecule has 2 aliphatic carbocycles. The molecule has 0 bridgehead atoms. The zero-order chi connectivity index (χ0) is 18.4. The van der Waals surface area contributed by atoms with Gasteiger partial charge in [0.1, 0.15) is 5.76 Å². The average Bonchev–Trinajstić information content (AvgIpc) is 3.19. The SMILES string of the molecule is O=c1c2c([nH]c(=S)n1Cc1ccco1)-c1ccccc1CC21CCCCC1. The number of nitrogens with zero attached hydrogens (tertiary/aromatic N) is 1. The first-order chi connectivity index (χ1) is 13.2. The third kappa shape index (κ3) is 2.64. The number of H-pyrrole nitrogens is 1. The summed E-state index contributed by atoms with van der Waals surface area (Å²) in [5, 5.41) is 0. The molecule has 0 aliphatic heterocycles.